The largest absolute Gasteiger partial charge is 0.466 e. The van der Waals surface area contributed by atoms with E-state index in [1.54, 1.807) is 11.8 Å². The molecule has 6 heteroatoms. The molecule has 0 saturated heterocycles. The van der Waals surface area contributed by atoms with Crippen molar-refractivity contribution in [3.05, 3.63) is 29.8 Å². The summed E-state index contributed by atoms with van der Waals surface area (Å²) in [6.07, 6.45) is 0.392. The van der Waals surface area contributed by atoms with Crippen LogP contribution in [0.2, 0.25) is 0 Å². The lowest BCUT2D eigenvalue weighted by molar-refractivity contribution is -0.142. The molecule has 2 aromatic rings. The Morgan fingerprint density at radius 3 is 2.80 bits per heavy atom. The van der Waals surface area contributed by atoms with Gasteiger partial charge in [0, 0.05) is 5.75 Å². The first-order valence-corrected chi connectivity index (χ1v) is 8.14. The van der Waals surface area contributed by atoms with Crippen molar-refractivity contribution >= 4 is 29.3 Å². The highest BCUT2D eigenvalue weighted by molar-refractivity contribution is 7.99. The van der Waals surface area contributed by atoms with Crippen molar-refractivity contribution in [1.82, 2.24) is 9.59 Å². The van der Waals surface area contributed by atoms with Gasteiger partial charge in [0.25, 0.3) is 0 Å². The molecule has 0 spiro atoms. The fraction of sp³-hybridized carbons (Fsp3) is 0.357. The topological polar surface area (TPSA) is 52.1 Å². The fourth-order valence-corrected chi connectivity index (χ4v) is 3.34. The van der Waals surface area contributed by atoms with Crippen molar-refractivity contribution in [2.75, 3.05) is 12.4 Å². The van der Waals surface area contributed by atoms with Crippen LogP contribution in [0.4, 0.5) is 0 Å². The van der Waals surface area contributed by atoms with Gasteiger partial charge in [-0.3, -0.25) is 4.79 Å². The normalized spacial score (nSPS) is 10.5. The molecule has 1 aromatic carbocycles. The molecule has 106 valence electrons. The van der Waals surface area contributed by atoms with Crippen LogP contribution >= 0.6 is 23.3 Å². The van der Waals surface area contributed by atoms with Crippen LogP contribution in [-0.2, 0) is 9.53 Å². The van der Waals surface area contributed by atoms with Crippen molar-refractivity contribution in [3.63, 3.8) is 0 Å². The minimum atomic E-state index is -0.167. The second-order valence-electron chi connectivity index (χ2n) is 4.18. The average molecular weight is 308 g/mol. The van der Waals surface area contributed by atoms with E-state index in [0.717, 1.165) is 15.5 Å². The maximum absolute atomic E-state index is 11.3. The Hall–Kier alpha value is -1.40. The maximum Gasteiger partial charge on any atom is 0.306 e. The van der Waals surface area contributed by atoms with Gasteiger partial charge in [-0.2, -0.15) is 0 Å². The first-order valence-electron chi connectivity index (χ1n) is 6.38. The zero-order chi connectivity index (χ0) is 14.4. The summed E-state index contributed by atoms with van der Waals surface area (Å²) in [5.74, 6) is 0.489. The van der Waals surface area contributed by atoms with Gasteiger partial charge in [0.1, 0.15) is 5.03 Å². The van der Waals surface area contributed by atoms with Crippen LogP contribution in [0.25, 0.3) is 10.4 Å². The van der Waals surface area contributed by atoms with Crippen molar-refractivity contribution in [2.45, 2.75) is 25.3 Å². The van der Waals surface area contributed by atoms with Gasteiger partial charge in [-0.25, -0.2) is 0 Å². The van der Waals surface area contributed by atoms with E-state index in [1.165, 1.54) is 17.1 Å². The lowest BCUT2D eigenvalue weighted by Crippen LogP contribution is -2.04. The number of rotatable bonds is 6. The highest BCUT2D eigenvalue weighted by Gasteiger charge is 2.12. The molecule has 0 fully saturated rings. The van der Waals surface area contributed by atoms with Gasteiger partial charge in [0.2, 0.25) is 0 Å². The number of hydrogen-bond acceptors (Lipinski definition) is 6. The second-order valence-corrected chi connectivity index (χ2v) is 6.01. The molecule has 4 nitrogen and oxygen atoms in total. The molecule has 0 amide bonds. The minimum Gasteiger partial charge on any atom is -0.466 e. The van der Waals surface area contributed by atoms with Crippen LogP contribution in [0.5, 0.6) is 0 Å². The number of benzene rings is 1. The molecule has 1 aromatic heterocycles. The predicted octanol–water partition coefficient (Wildman–Crippen LogP) is 3.56. The molecule has 2 rings (SSSR count). The van der Waals surface area contributed by atoms with E-state index in [2.05, 4.69) is 40.8 Å². The van der Waals surface area contributed by atoms with Gasteiger partial charge < -0.3 is 4.74 Å². The molecule has 0 radical (unpaired) electrons. The smallest absolute Gasteiger partial charge is 0.306 e. The molecular formula is C14H16N2O2S2. The Morgan fingerprint density at radius 2 is 2.10 bits per heavy atom. The number of nitrogens with zero attached hydrogens (tertiary/aromatic N) is 2. The highest BCUT2D eigenvalue weighted by Crippen LogP contribution is 2.33. The van der Waals surface area contributed by atoms with E-state index in [0.29, 0.717) is 18.8 Å². The number of aromatic nitrogens is 2. The first-order chi connectivity index (χ1) is 9.70. The third kappa shape index (κ3) is 4.05. The number of carbonyl (C=O) groups excluding carboxylic acids is 1. The predicted molar refractivity (Wildman–Crippen MR) is 82.1 cm³/mol. The molecule has 0 aliphatic carbocycles. The number of esters is 1. The summed E-state index contributed by atoms with van der Waals surface area (Å²) >= 11 is 2.92. The van der Waals surface area contributed by atoms with Gasteiger partial charge >= 0.3 is 5.97 Å². The summed E-state index contributed by atoms with van der Waals surface area (Å²) in [7, 11) is 0. The van der Waals surface area contributed by atoms with E-state index in [-0.39, 0.29) is 5.97 Å². The molecule has 20 heavy (non-hydrogen) atoms. The lowest BCUT2D eigenvalue weighted by Gasteiger charge is -2.02. The van der Waals surface area contributed by atoms with Gasteiger partial charge in [0.05, 0.1) is 17.9 Å². The van der Waals surface area contributed by atoms with Crippen LogP contribution in [0, 0.1) is 6.92 Å². The molecule has 0 atom stereocenters. The maximum atomic E-state index is 11.3. The van der Waals surface area contributed by atoms with Gasteiger partial charge in [-0.05, 0) is 30.9 Å². The third-order valence-corrected chi connectivity index (χ3v) is 4.49. The standard InChI is InChI=1S/C14H16N2O2S2/c1-3-18-12(17)8-9-19-14-13(20-16-15-14)11-6-4-10(2)5-7-11/h4-7H,3,8-9H2,1-2H3. The second kappa shape index (κ2) is 7.40. The fourth-order valence-electron chi connectivity index (χ4n) is 1.62. The summed E-state index contributed by atoms with van der Waals surface area (Å²) in [6.45, 7) is 4.30. The summed E-state index contributed by atoms with van der Waals surface area (Å²) in [4.78, 5) is 12.3. The molecule has 1 heterocycles. The molecule has 0 unspecified atom stereocenters. The first kappa shape index (κ1) is 15.0. The van der Waals surface area contributed by atoms with Crippen LogP contribution in [0.1, 0.15) is 18.9 Å². The molecule has 0 bridgehead atoms. The van der Waals surface area contributed by atoms with E-state index >= 15 is 0 Å². The minimum absolute atomic E-state index is 0.167. The SMILES string of the molecule is CCOC(=O)CCSc1nnsc1-c1ccc(C)cc1. The van der Waals surface area contributed by atoms with E-state index in [9.17, 15) is 4.79 Å². The highest BCUT2D eigenvalue weighted by atomic mass is 32.2. The average Bonchev–Trinajstić information content (AvgIpc) is 2.88. The zero-order valence-corrected chi connectivity index (χ0v) is 13.1. The molecule has 0 saturated carbocycles. The van der Waals surface area contributed by atoms with Gasteiger partial charge in [-0.15, -0.1) is 16.9 Å². The number of ether oxygens (including phenoxy) is 1. The molecule has 0 N–H and O–H groups in total. The van der Waals surface area contributed by atoms with Crippen molar-refractivity contribution in [1.29, 1.82) is 0 Å². The van der Waals surface area contributed by atoms with Crippen molar-refractivity contribution in [3.8, 4) is 10.4 Å². The Bertz CT molecular complexity index is 567. The third-order valence-electron chi connectivity index (χ3n) is 2.62. The Balaban J connectivity index is 1.98. The summed E-state index contributed by atoms with van der Waals surface area (Å²) in [5.41, 5.74) is 2.34. The van der Waals surface area contributed by atoms with Gasteiger partial charge in [-0.1, -0.05) is 34.3 Å². The molecular weight excluding hydrogens is 292 g/mol. The van der Waals surface area contributed by atoms with Crippen LogP contribution in [0.15, 0.2) is 29.3 Å². The van der Waals surface area contributed by atoms with Crippen molar-refractivity contribution < 1.29 is 9.53 Å². The number of thioether (sulfide) groups is 1. The lowest BCUT2D eigenvalue weighted by atomic mass is 10.1. The summed E-state index contributed by atoms with van der Waals surface area (Å²) in [6, 6.07) is 8.28. The molecule has 0 aliphatic heterocycles. The van der Waals surface area contributed by atoms with Crippen LogP contribution in [-0.4, -0.2) is 27.9 Å². The van der Waals surface area contributed by atoms with E-state index in [4.69, 9.17) is 4.74 Å². The summed E-state index contributed by atoms with van der Waals surface area (Å²) in [5, 5.41) is 5.02. The number of hydrogen-bond donors (Lipinski definition) is 0. The van der Waals surface area contributed by atoms with E-state index < -0.39 is 0 Å². The summed E-state index contributed by atoms with van der Waals surface area (Å²) < 4.78 is 8.91. The quantitative estimate of drug-likeness (QED) is 0.603. The van der Waals surface area contributed by atoms with Crippen molar-refractivity contribution in [2.24, 2.45) is 0 Å². The monoisotopic (exact) mass is 308 g/mol. The number of carbonyl (C=O) groups is 1. The Morgan fingerprint density at radius 1 is 1.35 bits per heavy atom. The van der Waals surface area contributed by atoms with Crippen LogP contribution in [0.3, 0.4) is 0 Å². The van der Waals surface area contributed by atoms with Crippen LogP contribution < -0.4 is 0 Å². The Kier molecular flexibility index (Phi) is 5.55. The number of aryl methyl sites for hydroxylation is 1. The molecule has 0 aliphatic rings. The zero-order valence-electron chi connectivity index (χ0n) is 11.5. The van der Waals surface area contributed by atoms with Gasteiger partial charge in [0.15, 0.2) is 0 Å². The Labute approximate surface area is 126 Å². The van der Waals surface area contributed by atoms with E-state index in [1.807, 2.05) is 6.92 Å².